The van der Waals surface area contributed by atoms with Crippen molar-refractivity contribution >= 4 is 17.6 Å². The Bertz CT molecular complexity index is 519. The first-order valence-corrected chi connectivity index (χ1v) is 6.62. The van der Waals surface area contributed by atoms with Gasteiger partial charge >= 0.3 is 5.97 Å². The lowest BCUT2D eigenvalue weighted by Gasteiger charge is -2.28. The second-order valence-corrected chi connectivity index (χ2v) is 5.41. The van der Waals surface area contributed by atoms with Crippen LogP contribution >= 0.6 is 11.6 Å². The normalized spacial score (nSPS) is 17.4. The maximum Gasteiger partial charge on any atom is 0.314 e. The van der Waals surface area contributed by atoms with E-state index in [1.165, 1.54) is 13.2 Å². The Morgan fingerprint density at radius 1 is 1.42 bits per heavy atom. The van der Waals surface area contributed by atoms with Gasteiger partial charge in [-0.2, -0.15) is 0 Å². The lowest BCUT2D eigenvalue weighted by molar-refractivity contribution is -0.143. The Morgan fingerprint density at radius 2 is 2.00 bits per heavy atom. The van der Waals surface area contributed by atoms with Crippen molar-refractivity contribution in [3.63, 3.8) is 0 Å². The van der Waals surface area contributed by atoms with Gasteiger partial charge in [-0.25, -0.2) is 0 Å². The van der Waals surface area contributed by atoms with E-state index >= 15 is 0 Å². The molecule has 1 aliphatic rings. The highest BCUT2D eigenvalue weighted by Crippen LogP contribution is 2.50. The monoisotopic (exact) mass is 284 g/mol. The first-order chi connectivity index (χ1) is 8.94. The number of ether oxygens (including phenoxy) is 1. The van der Waals surface area contributed by atoms with Gasteiger partial charge in [-0.3, -0.25) is 4.79 Å². The van der Waals surface area contributed by atoms with E-state index in [0.717, 1.165) is 12.8 Å². The van der Waals surface area contributed by atoms with Gasteiger partial charge in [-0.15, -0.1) is 0 Å². The van der Waals surface area contributed by atoms with Gasteiger partial charge in [-0.05, 0) is 37.0 Å². The fourth-order valence-corrected chi connectivity index (χ4v) is 3.58. The van der Waals surface area contributed by atoms with Crippen molar-refractivity contribution in [2.24, 2.45) is 0 Å². The van der Waals surface area contributed by atoms with Crippen molar-refractivity contribution in [2.75, 3.05) is 7.11 Å². The quantitative estimate of drug-likeness (QED) is 0.894. The molecule has 0 saturated heterocycles. The maximum absolute atomic E-state index is 11.8. The fraction of sp³-hybridized carbons (Fsp3) is 0.500. The Kier molecular flexibility index (Phi) is 3.63. The third kappa shape index (κ3) is 2.04. The minimum Gasteiger partial charge on any atom is -0.504 e. The molecule has 19 heavy (non-hydrogen) atoms. The van der Waals surface area contributed by atoms with Crippen LogP contribution in [0.2, 0.25) is 5.02 Å². The highest BCUT2D eigenvalue weighted by molar-refractivity contribution is 6.33. The average Bonchev–Trinajstić information content (AvgIpc) is 2.79. The summed E-state index contributed by atoms with van der Waals surface area (Å²) in [6.45, 7) is 1.77. The molecule has 2 rings (SSSR count). The minimum absolute atomic E-state index is 0.0627. The van der Waals surface area contributed by atoms with Crippen molar-refractivity contribution < 1.29 is 19.7 Å². The summed E-state index contributed by atoms with van der Waals surface area (Å²) in [5.74, 6) is -0.773. The van der Waals surface area contributed by atoms with Gasteiger partial charge in [0.1, 0.15) is 0 Å². The summed E-state index contributed by atoms with van der Waals surface area (Å²) >= 11 is 6.28. The van der Waals surface area contributed by atoms with Gasteiger partial charge in [0.2, 0.25) is 0 Å². The van der Waals surface area contributed by atoms with Crippen molar-refractivity contribution in [3.8, 4) is 11.5 Å². The average molecular weight is 285 g/mol. The third-order valence-corrected chi connectivity index (χ3v) is 4.31. The molecule has 0 amide bonds. The summed E-state index contributed by atoms with van der Waals surface area (Å²) < 4.78 is 5.08. The van der Waals surface area contributed by atoms with Gasteiger partial charge < -0.3 is 14.9 Å². The molecule has 1 aliphatic carbocycles. The molecule has 1 saturated carbocycles. The van der Waals surface area contributed by atoms with Crippen LogP contribution in [0.1, 0.15) is 36.8 Å². The Hall–Kier alpha value is -1.42. The van der Waals surface area contributed by atoms with Crippen molar-refractivity contribution in [1.29, 1.82) is 0 Å². The van der Waals surface area contributed by atoms with Crippen molar-refractivity contribution in [3.05, 3.63) is 22.2 Å². The minimum atomic E-state index is -0.956. The van der Waals surface area contributed by atoms with Crippen LogP contribution in [0.4, 0.5) is 0 Å². The molecule has 0 unspecified atom stereocenters. The fourth-order valence-electron chi connectivity index (χ4n) is 3.07. The number of hydrogen-bond donors (Lipinski definition) is 2. The molecule has 0 spiro atoms. The zero-order valence-corrected chi connectivity index (χ0v) is 11.8. The molecule has 1 aromatic rings. The molecule has 1 fully saturated rings. The largest absolute Gasteiger partial charge is 0.504 e. The smallest absolute Gasteiger partial charge is 0.314 e. The molecule has 0 atom stereocenters. The summed E-state index contributed by atoms with van der Waals surface area (Å²) in [6, 6.07) is 1.52. The van der Waals surface area contributed by atoms with Gasteiger partial charge in [-0.1, -0.05) is 24.4 Å². The van der Waals surface area contributed by atoms with E-state index in [1.54, 1.807) is 6.92 Å². The topological polar surface area (TPSA) is 66.8 Å². The van der Waals surface area contributed by atoms with Crippen molar-refractivity contribution in [2.45, 2.75) is 38.0 Å². The third-order valence-electron chi connectivity index (χ3n) is 3.95. The lowest BCUT2D eigenvalue weighted by atomic mass is 9.76. The van der Waals surface area contributed by atoms with E-state index in [2.05, 4.69) is 0 Å². The molecule has 0 aliphatic heterocycles. The maximum atomic E-state index is 11.8. The molecule has 4 nitrogen and oxygen atoms in total. The van der Waals surface area contributed by atoms with Crippen LogP contribution in [-0.4, -0.2) is 23.3 Å². The molecule has 5 heteroatoms. The molecule has 1 aromatic carbocycles. The molecule has 0 bridgehead atoms. The summed E-state index contributed by atoms with van der Waals surface area (Å²) in [6.07, 6.45) is 2.87. The summed E-state index contributed by atoms with van der Waals surface area (Å²) in [7, 11) is 1.40. The van der Waals surface area contributed by atoms with Gasteiger partial charge in [0, 0.05) is 0 Å². The predicted molar refractivity (Wildman–Crippen MR) is 72.2 cm³/mol. The number of phenols is 1. The zero-order valence-electron chi connectivity index (χ0n) is 11.0. The van der Waals surface area contributed by atoms with Crippen LogP contribution in [0.5, 0.6) is 11.5 Å². The van der Waals surface area contributed by atoms with E-state index < -0.39 is 11.4 Å². The molecule has 0 heterocycles. The number of carboxylic acid groups (broad SMARTS) is 1. The number of aromatic hydroxyl groups is 1. The Balaban J connectivity index is 2.70. The zero-order chi connectivity index (χ0) is 14.2. The Morgan fingerprint density at radius 3 is 2.47 bits per heavy atom. The highest BCUT2D eigenvalue weighted by Gasteiger charge is 2.46. The standard InChI is InChI=1S/C14H17ClO4/c1-8-7-9(16)12(19-2)11(15)10(8)14(13(17)18)5-3-4-6-14/h7,16H,3-6H2,1-2H3,(H,17,18). The first-order valence-electron chi connectivity index (χ1n) is 6.24. The molecule has 0 radical (unpaired) electrons. The summed E-state index contributed by atoms with van der Waals surface area (Å²) in [4.78, 5) is 11.8. The van der Waals surface area contributed by atoms with Crippen LogP contribution in [0, 0.1) is 6.92 Å². The van der Waals surface area contributed by atoms with Gasteiger partial charge in [0.05, 0.1) is 17.5 Å². The molecule has 2 N–H and O–H groups in total. The highest BCUT2D eigenvalue weighted by atomic mass is 35.5. The molecule has 0 aromatic heterocycles. The number of aliphatic carboxylic acids is 1. The van der Waals surface area contributed by atoms with Gasteiger partial charge in [0.15, 0.2) is 11.5 Å². The van der Waals surface area contributed by atoms with Crippen LogP contribution in [0.15, 0.2) is 6.07 Å². The number of rotatable bonds is 3. The number of benzene rings is 1. The van der Waals surface area contributed by atoms with Crippen molar-refractivity contribution in [1.82, 2.24) is 0 Å². The molecular weight excluding hydrogens is 268 g/mol. The van der Waals surface area contributed by atoms with Crippen LogP contribution in [0.25, 0.3) is 0 Å². The van der Waals surface area contributed by atoms with Crippen LogP contribution in [0.3, 0.4) is 0 Å². The number of hydrogen-bond acceptors (Lipinski definition) is 3. The second-order valence-electron chi connectivity index (χ2n) is 5.03. The molecule has 104 valence electrons. The lowest BCUT2D eigenvalue weighted by Crippen LogP contribution is -2.33. The Labute approximate surface area is 117 Å². The predicted octanol–water partition coefficient (Wildman–Crippen LogP) is 3.26. The number of carboxylic acids is 1. The summed E-state index contributed by atoms with van der Waals surface area (Å²) in [5, 5.41) is 19.7. The first kappa shape index (κ1) is 14.0. The van der Waals surface area contributed by atoms with E-state index in [0.29, 0.717) is 24.0 Å². The second kappa shape index (κ2) is 4.93. The molecular formula is C14H17ClO4. The number of carbonyl (C=O) groups is 1. The number of halogens is 1. The number of aryl methyl sites for hydroxylation is 1. The SMILES string of the molecule is COc1c(O)cc(C)c(C2(C(=O)O)CCCC2)c1Cl. The van der Waals surface area contributed by atoms with E-state index in [-0.39, 0.29) is 16.5 Å². The number of phenolic OH excluding ortho intramolecular Hbond substituents is 1. The summed E-state index contributed by atoms with van der Waals surface area (Å²) in [5.41, 5.74) is 0.309. The van der Waals surface area contributed by atoms with E-state index in [1.807, 2.05) is 0 Å². The van der Waals surface area contributed by atoms with E-state index in [4.69, 9.17) is 16.3 Å². The van der Waals surface area contributed by atoms with Crippen LogP contribution in [-0.2, 0) is 10.2 Å². The van der Waals surface area contributed by atoms with Gasteiger partial charge in [0.25, 0.3) is 0 Å². The van der Waals surface area contributed by atoms with E-state index in [9.17, 15) is 15.0 Å². The number of methoxy groups -OCH3 is 1. The van der Waals surface area contributed by atoms with Crippen LogP contribution < -0.4 is 4.74 Å².